The van der Waals surface area contributed by atoms with E-state index in [1.54, 1.807) is 0 Å². The standard InChI is InChI=1S/C34H62N4O9/c1-3-5-7-9-11-15-19-37(20-16-12-10-8-6-4-2)29(39)17-13-14-18-34(38(25-32(44)45)26-33(46)47)27-35(23-30(40)41)21-22-36(28-34)24-31(42)43/h3-28H2,1-2H3,(H,40,41)(H,42,43)(H,44,45)(H,46,47)/p-4. The second kappa shape index (κ2) is 24.4. The third kappa shape index (κ3) is 19.0. The first-order valence-electron chi connectivity index (χ1n) is 17.7. The van der Waals surface area contributed by atoms with Crippen LogP contribution in [-0.4, -0.2) is 120 Å². The Kier molecular flexibility index (Phi) is 21.9. The number of carbonyl (C=O) groups excluding carboxylic acids is 5. The van der Waals surface area contributed by atoms with Crippen LogP contribution in [0.1, 0.15) is 117 Å². The number of hydrogen-bond acceptors (Lipinski definition) is 12. The molecule has 0 radical (unpaired) electrons. The minimum Gasteiger partial charge on any atom is -0.549 e. The zero-order valence-electron chi connectivity index (χ0n) is 28.8. The molecule has 0 N–H and O–H groups in total. The van der Waals surface area contributed by atoms with Crippen molar-refractivity contribution in [3.63, 3.8) is 0 Å². The van der Waals surface area contributed by atoms with Gasteiger partial charge in [-0.1, -0.05) is 84.5 Å². The van der Waals surface area contributed by atoms with Gasteiger partial charge in [0.15, 0.2) is 0 Å². The number of carboxylic acids is 4. The Morgan fingerprint density at radius 2 is 1.00 bits per heavy atom. The molecular formula is C34H58N4O9-4. The Labute approximate surface area is 281 Å². The van der Waals surface area contributed by atoms with E-state index in [4.69, 9.17) is 0 Å². The fourth-order valence-electron chi connectivity index (χ4n) is 6.59. The monoisotopic (exact) mass is 666 g/mol. The smallest absolute Gasteiger partial charge is 0.222 e. The molecule has 1 aliphatic heterocycles. The van der Waals surface area contributed by atoms with Crippen LogP contribution in [0.15, 0.2) is 0 Å². The first kappa shape index (κ1) is 42.3. The highest BCUT2D eigenvalue weighted by Crippen LogP contribution is 2.28. The van der Waals surface area contributed by atoms with E-state index in [9.17, 15) is 44.4 Å². The van der Waals surface area contributed by atoms with Crippen LogP contribution in [0, 0.1) is 0 Å². The summed E-state index contributed by atoms with van der Waals surface area (Å²) in [4.78, 5) is 66.0. The molecule has 0 aromatic heterocycles. The molecule has 0 aliphatic carbocycles. The molecule has 0 atom stereocenters. The van der Waals surface area contributed by atoms with Crippen molar-refractivity contribution in [3.8, 4) is 0 Å². The van der Waals surface area contributed by atoms with Gasteiger partial charge < -0.3 is 44.5 Å². The first-order valence-corrected chi connectivity index (χ1v) is 17.7. The number of rotatable bonds is 28. The first-order chi connectivity index (χ1) is 22.4. The molecule has 0 aromatic rings. The van der Waals surface area contributed by atoms with Gasteiger partial charge in [0.05, 0.1) is 23.9 Å². The van der Waals surface area contributed by atoms with Gasteiger partial charge in [-0.15, -0.1) is 0 Å². The predicted molar refractivity (Wildman–Crippen MR) is 169 cm³/mol. The maximum Gasteiger partial charge on any atom is 0.222 e. The second-order valence-corrected chi connectivity index (χ2v) is 13.1. The topological polar surface area (TPSA) is 191 Å². The van der Waals surface area contributed by atoms with Crippen LogP contribution < -0.4 is 20.4 Å². The van der Waals surface area contributed by atoms with Crippen LogP contribution in [0.5, 0.6) is 0 Å². The molecule has 47 heavy (non-hydrogen) atoms. The summed E-state index contributed by atoms with van der Waals surface area (Å²) in [6.07, 6.45) is 14.7. The van der Waals surface area contributed by atoms with E-state index >= 15 is 0 Å². The van der Waals surface area contributed by atoms with Crippen molar-refractivity contribution in [2.45, 2.75) is 122 Å². The highest BCUT2D eigenvalue weighted by molar-refractivity contribution is 5.76. The number of aliphatic carboxylic acids is 4. The molecule has 13 heteroatoms. The zero-order valence-corrected chi connectivity index (χ0v) is 28.8. The molecule has 1 amide bonds. The summed E-state index contributed by atoms with van der Waals surface area (Å²) in [7, 11) is 0. The molecule has 1 saturated heterocycles. The maximum absolute atomic E-state index is 13.4. The summed E-state index contributed by atoms with van der Waals surface area (Å²) < 4.78 is 0. The maximum atomic E-state index is 13.4. The van der Waals surface area contributed by atoms with E-state index in [2.05, 4.69) is 13.8 Å². The Bertz CT molecular complexity index is 891. The molecule has 272 valence electrons. The van der Waals surface area contributed by atoms with Crippen molar-refractivity contribution >= 4 is 29.8 Å². The Morgan fingerprint density at radius 3 is 1.40 bits per heavy atom. The molecule has 0 saturated carbocycles. The van der Waals surface area contributed by atoms with Crippen LogP contribution in [0.3, 0.4) is 0 Å². The van der Waals surface area contributed by atoms with Gasteiger partial charge in [-0.3, -0.25) is 19.5 Å². The minimum atomic E-state index is -1.54. The quantitative estimate of drug-likeness (QED) is 0.0904. The molecule has 0 bridgehead atoms. The van der Waals surface area contributed by atoms with E-state index in [0.29, 0.717) is 25.9 Å². The summed E-state index contributed by atoms with van der Waals surface area (Å²) in [6, 6.07) is 0. The molecule has 1 rings (SSSR count). The lowest BCUT2D eigenvalue weighted by Crippen LogP contribution is -2.64. The van der Waals surface area contributed by atoms with Crippen molar-refractivity contribution in [1.82, 2.24) is 19.6 Å². The van der Waals surface area contributed by atoms with Crippen LogP contribution in [0.2, 0.25) is 0 Å². The van der Waals surface area contributed by atoms with E-state index in [1.807, 2.05) is 4.90 Å². The molecule has 0 aromatic carbocycles. The van der Waals surface area contributed by atoms with Gasteiger partial charge in [-0.05, 0) is 25.7 Å². The number of carbonyl (C=O) groups is 5. The van der Waals surface area contributed by atoms with E-state index in [0.717, 1.165) is 38.5 Å². The van der Waals surface area contributed by atoms with Crippen molar-refractivity contribution in [2.24, 2.45) is 0 Å². The fourth-order valence-corrected chi connectivity index (χ4v) is 6.59. The molecule has 0 unspecified atom stereocenters. The molecule has 1 fully saturated rings. The third-order valence-electron chi connectivity index (χ3n) is 8.98. The molecule has 1 heterocycles. The van der Waals surface area contributed by atoms with Crippen molar-refractivity contribution in [2.75, 3.05) is 65.4 Å². The van der Waals surface area contributed by atoms with Crippen LogP contribution in [0.25, 0.3) is 0 Å². The lowest BCUT2D eigenvalue weighted by molar-refractivity contribution is -0.314. The average molecular weight is 667 g/mol. The van der Waals surface area contributed by atoms with Gasteiger partial charge in [-0.2, -0.15) is 0 Å². The Hall–Kier alpha value is -2.77. The molecule has 0 spiro atoms. The van der Waals surface area contributed by atoms with Gasteiger partial charge in [-0.25, -0.2) is 0 Å². The lowest BCUT2D eigenvalue weighted by atomic mass is 9.88. The zero-order chi connectivity index (χ0) is 35.1. The summed E-state index contributed by atoms with van der Waals surface area (Å²) >= 11 is 0. The number of carboxylic acid groups (broad SMARTS) is 4. The van der Waals surface area contributed by atoms with Gasteiger partial charge in [0.25, 0.3) is 0 Å². The predicted octanol–water partition coefficient (Wildman–Crippen LogP) is -1.25. The van der Waals surface area contributed by atoms with Gasteiger partial charge >= 0.3 is 0 Å². The average Bonchev–Trinajstić information content (AvgIpc) is 3.15. The van der Waals surface area contributed by atoms with Gasteiger partial charge in [0.1, 0.15) is 0 Å². The normalized spacial score (nSPS) is 15.4. The summed E-state index contributed by atoms with van der Waals surface area (Å²) in [5.74, 6) is -5.79. The lowest BCUT2D eigenvalue weighted by Gasteiger charge is -2.47. The van der Waals surface area contributed by atoms with E-state index in [-0.39, 0.29) is 44.9 Å². The molecular weight excluding hydrogens is 608 g/mol. The number of nitrogens with zero attached hydrogens (tertiary/aromatic N) is 4. The van der Waals surface area contributed by atoms with Gasteiger partial charge in [0, 0.05) is 77.4 Å². The van der Waals surface area contributed by atoms with E-state index < -0.39 is 55.6 Å². The highest BCUT2D eigenvalue weighted by atomic mass is 16.4. The summed E-state index contributed by atoms with van der Waals surface area (Å²) in [5, 5.41) is 46.5. The number of unbranched alkanes of at least 4 members (excludes halogenated alkanes) is 11. The number of amides is 1. The van der Waals surface area contributed by atoms with Crippen molar-refractivity contribution < 1.29 is 44.4 Å². The van der Waals surface area contributed by atoms with Crippen LogP contribution in [0.4, 0.5) is 0 Å². The Balaban J connectivity index is 3.08. The van der Waals surface area contributed by atoms with Crippen LogP contribution in [-0.2, 0) is 24.0 Å². The fraction of sp³-hybridized carbons (Fsp3) is 0.853. The third-order valence-corrected chi connectivity index (χ3v) is 8.98. The molecule has 13 nitrogen and oxygen atoms in total. The highest BCUT2D eigenvalue weighted by Gasteiger charge is 2.41. The van der Waals surface area contributed by atoms with Crippen molar-refractivity contribution in [3.05, 3.63) is 0 Å². The number of hydrogen-bond donors (Lipinski definition) is 0. The van der Waals surface area contributed by atoms with Gasteiger partial charge in [0.2, 0.25) is 5.91 Å². The van der Waals surface area contributed by atoms with E-state index in [1.165, 1.54) is 53.2 Å². The second-order valence-electron chi connectivity index (χ2n) is 13.1. The minimum absolute atomic E-state index is 0.0421. The summed E-state index contributed by atoms with van der Waals surface area (Å²) in [6.45, 7) is 3.34. The largest absolute Gasteiger partial charge is 0.549 e. The van der Waals surface area contributed by atoms with Crippen molar-refractivity contribution in [1.29, 1.82) is 0 Å². The Morgan fingerprint density at radius 1 is 0.574 bits per heavy atom. The SMILES string of the molecule is CCCCCCCCN(CCCCCCCC)C(=O)CCCCC1(N(CC(=O)[O-])CC(=O)[O-])CN(CC(=O)[O-])CCN(CC(=O)[O-])C1. The molecule has 1 aliphatic rings. The summed E-state index contributed by atoms with van der Waals surface area (Å²) in [5.41, 5.74) is -1.29. The van der Waals surface area contributed by atoms with Crippen LogP contribution >= 0.6 is 0 Å².